The number of methoxy groups -OCH3 is 2. The SMILES string of the molecule is COc1csc(C(=O)NCC(CC(=O)O)OC)c1. The number of thiophene rings is 1. The van der Waals surface area contributed by atoms with Crippen molar-refractivity contribution in [1.82, 2.24) is 5.32 Å². The first-order valence-electron chi connectivity index (χ1n) is 5.22. The molecule has 0 aromatic carbocycles. The lowest BCUT2D eigenvalue weighted by Gasteiger charge is -2.13. The largest absolute Gasteiger partial charge is 0.496 e. The highest BCUT2D eigenvalue weighted by molar-refractivity contribution is 7.12. The number of aliphatic carboxylic acids is 1. The number of carboxylic acids is 1. The summed E-state index contributed by atoms with van der Waals surface area (Å²) in [7, 11) is 2.94. The number of carboxylic acid groups (broad SMARTS) is 1. The Morgan fingerprint density at radius 3 is 2.72 bits per heavy atom. The van der Waals surface area contributed by atoms with Crippen LogP contribution in [0.15, 0.2) is 11.4 Å². The summed E-state index contributed by atoms with van der Waals surface area (Å²) in [5.74, 6) is -0.608. The molecule has 0 bridgehead atoms. The van der Waals surface area contributed by atoms with Gasteiger partial charge in [-0.25, -0.2) is 0 Å². The third-order valence-corrected chi connectivity index (χ3v) is 3.17. The molecule has 1 unspecified atom stereocenters. The zero-order chi connectivity index (χ0) is 13.5. The quantitative estimate of drug-likeness (QED) is 0.773. The summed E-state index contributed by atoms with van der Waals surface area (Å²) in [4.78, 5) is 22.8. The van der Waals surface area contributed by atoms with E-state index in [2.05, 4.69) is 5.32 Å². The lowest BCUT2D eigenvalue weighted by atomic mass is 10.2. The number of nitrogens with one attached hydrogen (secondary N) is 1. The fraction of sp³-hybridized carbons (Fsp3) is 0.455. The number of hydrogen-bond donors (Lipinski definition) is 2. The van der Waals surface area contributed by atoms with Gasteiger partial charge in [-0.05, 0) is 0 Å². The van der Waals surface area contributed by atoms with E-state index in [1.54, 1.807) is 11.4 Å². The van der Waals surface area contributed by atoms with E-state index >= 15 is 0 Å². The fourth-order valence-corrected chi connectivity index (χ4v) is 2.04. The molecule has 0 aliphatic heterocycles. The zero-order valence-corrected chi connectivity index (χ0v) is 11.0. The van der Waals surface area contributed by atoms with Crippen molar-refractivity contribution < 1.29 is 24.2 Å². The summed E-state index contributed by atoms with van der Waals surface area (Å²) >= 11 is 1.26. The van der Waals surface area contributed by atoms with Gasteiger partial charge in [0, 0.05) is 25.1 Å². The van der Waals surface area contributed by atoms with Crippen molar-refractivity contribution in [3.05, 3.63) is 16.3 Å². The third-order valence-electron chi connectivity index (χ3n) is 2.26. The minimum Gasteiger partial charge on any atom is -0.496 e. The number of rotatable bonds is 7. The summed E-state index contributed by atoms with van der Waals surface area (Å²) in [5, 5.41) is 13.0. The van der Waals surface area contributed by atoms with Crippen LogP contribution >= 0.6 is 11.3 Å². The minimum absolute atomic E-state index is 0.148. The van der Waals surface area contributed by atoms with Gasteiger partial charge in [-0.3, -0.25) is 9.59 Å². The van der Waals surface area contributed by atoms with E-state index in [0.29, 0.717) is 10.6 Å². The van der Waals surface area contributed by atoms with Crippen molar-refractivity contribution in [1.29, 1.82) is 0 Å². The van der Waals surface area contributed by atoms with Crippen molar-refractivity contribution in [2.75, 3.05) is 20.8 Å². The molecule has 0 radical (unpaired) electrons. The Bertz CT molecular complexity index is 417. The second-order valence-electron chi connectivity index (χ2n) is 3.52. The van der Waals surface area contributed by atoms with Gasteiger partial charge in [-0.1, -0.05) is 0 Å². The molecule has 1 aromatic heterocycles. The molecule has 1 rings (SSSR count). The van der Waals surface area contributed by atoms with Crippen LogP contribution in [0.3, 0.4) is 0 Å². The summed E-state index contributed by atoms with van der Waals surface area (Å²) < 4.78 is 9.93. The van der Waals surface area contributed by atoms with E-state index < -0.39 is 12.1 Å². The Labute approximate surface area is 109 Å². The highest BCUT2D eigenvalue weighted by atomic mass is 32.1. The standard InChI is InChI=1S/C11H15NO5S/c1-16-7(4-10(13)14)5-12-11(15)9-3-8(17-2)6-18-9/h3,6-7H,4-5H2,1-2H3,(H,12,15)(H,13,14). The number of ether oxygens (including phenoxy) is 2. The van der Waals surface area contributed by atoms with Crippen molar-refractivity contribution in [3.8, 4) is 5.75 Å². The van der Waals surface area contributed by atoms with E-state index in [4.69, 9.17) is 14.6 Å². The summed E-state index contributed by atoms with van der Waals surface area (Å²) in [5.41, 5.74) is 0. The molecule has 0 spiro atoms. The topological polar surface area (TPSA) is 84.9 Å². The first kappa shape index (κ1) is 14.5. The molecule has 1 amide bonds. The van der Waals surface area contributed by atoms with Gasteiger partial charge in [0.15, 0.2) is 0 Å². The Hall–Kier alpha value is -1.60. The normalized spacial score (nSPS) is 11.9. The predicted molar refractivity (Wildman–Crippen MR) is 66.3 cm³/mol. The molecular formula is C11H15NO5S. The number of carbonyl (C=O) groups is 2. The van der Waals surface area contributed by atoms with E-state index in [9.17, 15) is 9.59 Å². The summed E-state index contributed by atoms with van der Waals surface area (Å²) in [6.45, 7) is 0.155. The first-order chi connectivity index (χ1) is 8.56. The predicted octanol–water partition coefficient (Wildman–Crippen LogP) is 0.976. The Kier molecular flexibility index (Phi) is 5.60. The number of hydrogen-bond acceptors (Lipinski definition) is 5. The monoisotopic (exact) mass is 273 g/mol. The molecule has 6 nitrogen and oxygen atoms in total. The van der Waals surface area contributed by atoms with Crippen molar-refractivity contribution in [3.63, 3.8) is 0 Å². The smallest absolute Gasteiger partial charge is 0.306 e. The van der Waals surface area contributed by atoms with Crippen LogP contribution in [0, 0.1) is 0 Å². The van der Waals surface area contributed by atoms with Crippen LogP contribution in [-0.2, 0) is 9.53 Å². The van der Waals surface area contributed by atoms with Crippen LogP contribution in [0.4, 0.5) is 0 Å². The van der Waals surface area contributed by atoms with Gasteiger partial charge < -0.3 is 19.9 Å². The molecule has 1 atom stereocenters. The molecule has 2 N–H and O–H groups in total. The van der Waals surface area contributed by atoms with Crippen molar-refractivity contribution in [2.24, 2.45) is 0 Å². The average Bonchev–Trinajstić information content (AvgIpc) is 2.82. The van der Waals surface area contributed by atoms with Gasteiger partial charge in [-0.2, -0.15) is 0 Å². The van der Waals surface area contributed by atoms with Crippen LogP contribution in [0.25, 0.3) is 0 Å². The molecule has 7 heteroatoms. The van der Waals surface area contributed by atoms with E-state index in [1.807, 2.05) is 0 Å². The lowest BCUT2D eigenvalue weighted by Crippen LogP contribution is -2.34. The fourth-order valence-electron chi connectivity index (χ4n) is 1.27. The van der Waals surface area contributed by atoms with E-state index in [-0.39, 0.29) is 18.9 Å². The maximum atomic E-state index is 11.7. The molecule has 100 valence electrons. The van der Waals surface area contributed by atoms with Gasteiger partial charge in [0.1, 0.15) is 5.75 Å². The summed E-state index contributed by atoms with van der Waals surface area (Å²) in [6, 6.07) is 1.62. The molecule has 1 heterocycles. The second-order valence-corrected chi connectivity index (χ2v) is 4.43. The molecule has 1 aromatic rings. The molecule has 0 aliphatic rings. The number of amides is 1. The molecule has 18 heavy (non-hydrogen) atoms. The van der Waals surface area contributed by atoms with E-state index in [1.165, 1.54) is 25.6 Å². The molecule has 0 saturated carbocycles. The van der Waals surface area contributed by atoms with Crippen LogP contribution < -0.4 is 10.1 Å². The van der Waals surface area contributed by atoms with E-state index in [0.717, 1.165) is 0 Å². The number of carbonyl (C=O) groups excluding carboxylic acids is 1. The minimum atomic E-state index is -0.964. The first-order valence-corrected chi connectivity index (χ1v) is 6.10. The maximum absolute atomic E-state index is 11.7. The van der Waals surface area contributed by atoms with Crippen LogP contribution in [0.2, 0.25) is 0 Å². The molecular weight excluding hydrogens is 258 g/mol. The maximum Gasteiger partial charge on any atom is 0.306 e. The van der Waals surface area contributed by atoms with Gasteiger partial charge >= 0.3 is 5.97 Å². The second kappa shape index (κ2) is 6.97. The Morgan fingerprint density at radius 2 is 2.22 bits per heavy atom. The molecule has 0 saturated heterocycles. The van der Waals surface area contributed by atoms with Gasteiger partial charge in [0.2, 0.25) is 0 Å². The van der Waals surface area contributed by atoms with Crippen LogP contribution in [0.5, 0.6) is 5.75 Å². The van der Waals surface area contributed by atoms with Gasteiger partial charge in [-0.15, -0.1) is 11.3 Å². The Morgan fingerprint density at radius 1 is 1.50 bits per heavy atom. The highest BCUT2D eigenvalue weighted by Gasteiger charge is 2.15. The van der Waals surface area contributed by atoms with Crippen LogP contribution in [-0.4, -0.2) is 43.9 Å². The van der Waals surface area contributed by atoms with Gasteiger partial charge in [0.05, 0.1) is 24.5 Å². The highest BCUT2D eigenvalue weighted by Crippen LogP contribution is 2.20. The third kappa shape index (κ3) is 4.34. The van der Waals surface area contributed by atoms with Gasteiger partial charge in [0.25, 0.3) is 5.91 Å². The molecule has 0 aliphatic carbocycles. The average molecular weight is 273 g/mol. The van der Waals surface area contributed by atoms with Crippen LogP contribution in [0.1, 0.15) is 16.1 Å². The van der Waals surface area contributed by atoms with Crippen molar-refractivity contribution >= 4 is 23.2 Å². The molecule has 0 fully saturated rings. The zero-order valence-electron chi connectivity index (χ0n) is 10.1. The van der Waals surface area contributed by atoms with Crippen molar-refractivity contribution in [2.45, 2.75) is 12.5 Å². The lowest BCUT2D eigenvalue weighted by molar-refractivity contribution is -0.139. The summed E-state index contributed by atoms with van der Waals surface area (Å²) in [6.07, 6.45) is -0.682. The Balaban J connectivity index is 2.46.